The summed E-state index contributed by atoms with van der Waals surface area (Å²) in [5.74, 6) is 3.31. The molecule has 0 aliphatic heterocycles. The molecule has 0 amide bonds. The first-order valence-electron chi connectivity index (χ1n) is 8.99. The standard InChI is InChI=1S/C25H23O/c1-18-8-13-21(14-9-18)26(22-15-10-19(2)11-16-22)25-17-12-20(3)23-6-4-5-7-24(23)25/h4-17H,1-3H3/q+1. The SMILES string of the molecule is Cc1ccc([O+](c2ccc(C)cc2)c2ccc(C)c3ccccc23)cc1. The Bertz CT molecular complexity index is 998. The van der Waals surface area contributed by atoms with Crippen LogP contribution in [0.1, 0.15) is 16.7 Å². The van der Waals surface area contributed by atoms with Gasteiger partial charge in [0, 0.05) is 30.3 Å². The summed E-state index contributed by atoms with van der Waals surface area (Å²) in [5, 5.41) is 2.51. The van der Waals surface area contributed by atoms with Crippen LogP contribution in [-0.2, 0) is 0 Å². The van der Waals surface area contributed by atoms with Gasteiger partial charge in [0.25, 0.3) is 17.2 Å². The first-order valence-corrected chi connectivity index (χ1v) is 8.99. The van der Waals surface area contributed by atoms with Gasteiger partial charge in [-0.2, -0.15) is 0 Å². The zero-order chi connectivity index (χ0) is 18.1. The van der Waals surface area contributed by atoms with Gasteiger partial charge in [0.05, 0.1) is 5.39 Å². The number of benzene rings is 4. The third-order valence-electron chi connectivity index (χ3n) is 4.84. The van der Waals surface area contributed by atoms with Crippen molar-refractivity contribution in [2.24, 2.45) is 0 Å². The number of hydrogen-bond acceptors (Lipinski definition) is 0. The minimum atomic E-state index is 1.09. The topological polar surface area (TPSA) is 2.70 Å². The van der Waals surface area contributed by atoms with Crippen molar-refractivity contribution < 1.29 is 4.37 Å². The van der Waals surface area contributed by atoms with Crippen LogP contribution in [0.4, 0.5) is 0 Å². The summed E-state index contributed by atoms with van der Waals surface area (Å²) in [6.45, 7) is 6.40. The van der Waals surface area contributed by atoms with Crippen molar-refractivity contribution in [2.75, 3.05) is 0 Å². The number of hydrogen-bond donors (Lipinski definition) is 0. The van der Waals surface area contributed by atoms with Crippen molar-refractivity contribution >= 4 is 10.8 Å². The van der Waals surface area contributed by atoms with Gasteiger partial charge < -0.3 is 4.37 Å². The minimum absolute atomic E-state index is 1.09. The van der Waals surface area contributed by atoms with E-state index in [-0.39, 0.29) is 0 Å². The molecule has 0 spiro atoms. The van der Waals surface area contributed by atoms with Gasteiger partial charge in [-0.3, -0.25) is 0 Å². The fourth-order valence-electron chi connectivity index (χ4n) is 3.34. The van der Waals surface area contributed by atoms with Gasteiger partial charge in [-0.25, -0.2) is 0 Å². The Morgan fingerprint density at radius 2 is 1.00 bits per heavy atom. The van der Waals surface area contributed by atoms with E-state index >= 15 is 0 Å². The fraction of sp³-hybridized carbons (Fsp3) is 0.120. The average molecular weight is 339 g/mol. The van der Waals surface area contributed by atoms with Gasteiger partial charge in [-0.1, -0.05) is 53.6 Å². The molecule has 0 bridgehead atoms. The lowest BCUT2D eigenvalue weighted by Gasteiger charge is -2.24. The predicted molar refractivity (Wildman–Crippen MR) is 111 cm³/mol. The molecule has 4 rings (SSSR count). The zero-order valence-electron chi connectivity index (χ0n) is 15.5. The van der Waals surface area contributed by atoms with Crippen molar-refractivity contribution in [3.63, 3.8) is 0 Å². The fourth-order valence-corrected chi connectivity index (χ4v) is 3.34. The lowest BCUT2D eigenvalue weighted by molar-refractivity contribution is 0.236. The second kappa shape index (κ2) is 6.68. The molecule has 0 radical (unpaired) electrons. The van der Waals surface area contributed by atoms with Gasteiger partial charge in [0.2, 0.25) is 0 Å². The molecule has 0 saturated carbocycles. The summed E-state index contributed by atoms with van der Waals surface area (Å²) in [6, 6.07) is 30.2. The molecule has 0 saturated heterocycles. The second-order valence-electron chi connectivity index (χ2n) is 6.86. The Hall–Kier alpha value is -3.06. The van der Waals surface area contributed by atoms with Crippen molar-refractivity contribution in [2.45, 2.75) is 20.8 Å². The Balaban J connectivity index is 1.98. The normalized spacial score (nSPS) is 10.9. The van der Waals surface area contributed by atoms with E-state index in [0.717, 1.165) is 17.2 Å². The van der Waals surface area contributed by atoms with E-state index < -0.39 is 0 Å². The van der Waals surface area contributed by atoms with Gasteiger partial charge in [-0.05, 0) is 43.9 Å². The highest BCUT2D eigenvalue weighted by Crippen LogP contribution is 2.43. The van der Waals surface area contributed by atoms with Crippen LogP contribution in [0.3, 0.4) is 0 Å². The van der Waals surface area contributed by atoms with Gasteiger partial charge in [0.15, 0.2) is 0 Å². The Morgan fingerprint density at radius 3 is 1.54 bits per heavy atom. The highest BCUT2D eigenvalue weighted by atomic mass is 16.7. The van der Waals surface area contributed by atoms with E-state index in [9.17, 15) is 0 Å². The molecule has 0 heterocycles. The molecule has 0 unspecified atom stereocenters. The summed E-state index contributed by atoms with van der Waals surface area (Å²) in [4.78, 5) is 0. The highest BCUT2D eigenvalue weighted by Gasteiger charge is 2.22. The Kier molecular flexibility index (Phi) is 4.22. The third kappa shape index (κ3) is 2.97. The predicted octanol–water partition coefficient (Wildman–Crippen LogP) is 7.51. The molecule has 0 fully saturated rings. The molecular weight excluding hydrogens is 316 g/mol. The van der Waals surface area contributed by atoms with Crippen LogP contribution >= 0.6 is 0 Å². The van der Waals surface area contributed by atoms with E-state index in [4.69, 9.17) is 0 Å². The smallest absolute Gasteiger partial charge is 0.275 e. The van der Waals surface area contributed by atoms with Gasteiger partial charge in [-0.15, -0.1) is 0 Å². The largest absolute Gasteiger partial charge is 0.498 e. The first-order chi connectivity index (χ1) is 12.6. The third-order valence-corrected chi connectivity index (χ3v) is 4.84. The van der Waals surface area contributed by atoms with Crippen LogP contribution in [0.2, 0.25) is 0 Å². The van der Waals surface area contributed by atoms with Crippen LogP contribution in [0, 0.1) is 20.8 Å². The van der Waals surface area contributed by atoms with Crippen LogP contribution in [0.25, 0.3) is 10.8 Å². The molecule has 1 heteroatoms. The first kappa shape index (κ1) is 16.4. The molecule has 0 aliphatic carbocycles. The van der Waals surface area contributed by atoms with Crippen LogP contribution in [-0.4, -0.2) is 0 Å². The van der Waals surface area contributed by atoms with Crippen molar-refractivity contribution in [3.05, 3.63) is 102 Å². The molecule has 0 N–H and O–H groups in total. The van der Waals surface area contributed by atoms with E-state index in [0.29, 0.717) is 0 Å². The van der Waals surface area contributed by atoms with Crippen molar-refractivity contribution in [1.82, 2.24) is 0 Å². The van der Waals surface area contributed by atoms with Crippen molar-refractivity contribution in [1.29, 1.82) is 0 Å². The Morgan fingerprint density at radius 1 is 0.500 bits per heavy atom. The zero-order valence-corrected chi connectivity index (χ0v) is 15.5. The molecule has 128 valence electrons. The monoisotopic (exact) mass is 339 g/mol. The van der Waals surface area contributed by atoms with Crippen LogP contribution in [0.5, 0.6) is 17.2 Å². The van der Waals surface area contributed by atoms with E-state index in [1.807, 2.05) is 0 Å². The lowest BCUT2D eigenvalue weighted by atomic mass is 10.0. The van der Waals surface area contributed by atoms with Crippen molar-refractivity contribution in [3.8, 4) is 17.2 Å². The van der Waals surface area contributed by atoms with E-state index in [1.54, 1.807) is 0 Å². The summed E-state index contributed by atoms with van der Waals surface area (Å²) in [6.07, 6.45) is 0. The minimum Gasteiger partial charge on any atom is -0.498 e. The molecule has 4 aromatic rings. The maximum Gasteiger partial charge on any atom is 0.275 e. The van der Waals surface area contributed by atoms with E-state index in [1.165, 1.54) is 27.5 Å². The Labute approximate surface area is 155 Å². The average Bonchev–Trinajstić information content (AvgIpc) is 2.67. The lowest BCUT2D eigenvalue weighted by Crippen LogP contribution is -2.06. The van der Waals surface area contributed by atoms with E-state index in [2.05, 4.69) is 110 Å². The van der Waals surface area contributed by atoms with Gasteiger partial charge >= 0.3 is 0 Å². The summed E-state index contributed by atoms with van der Waals surface area (Å²) < 4.78 is 3.40. The molecule has 1 nitrogen and oxygen atoms in total. The van der Waals surface area contributed by atoms with Crippen LogP contribution < -0.4 is 4.37 Å². The second-order valence-corrected chi connectivity index (χ2v) is 6.86. The molecule has 4 aromatic carbocycles. The molecule has 0 atom stereocenters. The summed E-state index contributed by atoms with van der Waals surface area (Å²) >= 11 is 0. The van der Waals surface area contributed by atoms with Crippen LogP contribution in [0.15, 0.2) is 84.9 Å². The number of fused-ring (bicyclic) bond motifs is 1. The maximum absolute atomic E-state index is 3.40. The molecule has 0 aromatic heterocycles. The van der Waals surface area contributed by atoms with Gasteiger partial charge in [0.1, 0.15) is 0 Å². The molecule has 26 heavy (non-hydrogen) atoms. The highest BCUT2D eigenvalue weighted by molar-refractivity contribution is 5.91. The summed E-state index contributed by atoms with van der Waals surface area (Å²) in [7, 11) is 0. The molecule has 0 aliphatic rings. The maximum atomic E-state index is 3.40. The summed E-state index contributed by atoms with van der Waals surface area (Å²) in [5.41, 5.74) is 3.80. The quantitative estimate of drug-likeness (QED) is 0.340. The number of aryl methyl sites for hydroxylation is 3. The molecular formula is C25H23O+. The number of rotatable bonds is 3.